The van der Waals surface area contributed by atoms with E-state index in [1.807, 2.05) is 24.1 Å². The molecule has 5 heteroatoms. The molecule has 24 heavy (non-hydrogen) atoms. The van der Waals surface area contributed by atoms with Gasteiger partial charge in [-0.3, -0.25) is 4.68 Å². The molecule has 0 bridgehead atoms. The molecule has 5 nitrogen and oxygen atoms in total. The molecule has 0 unspecified atom stereocenters. The van der Waals surface area contributed by atoms with Crippen molar-refractivity contribution in [2.45, 2.75) is 70.8 Å². The number of aromatic nitrogens is 4. The number of rotatable bonds is 4. The highest BCUT2D eigenvalue weighted by atomic mass is 15.3. The fourth-order valence-electron chi connectivity index (χ4n) is 3.28. The summed E-state index contributed by atoms with van der Waals surface area (Å²) in [6.45, 7) is 7.10. The summed E-state index contributed by atoms with van der Waals surface area (Å²) in [5, 5.41) is 8.18. The van der Waals surface area contributed by atoms with Gasteiger partial charge in [-0.15, -0.1) is 0 Å². The molecule has 0 aliphatic heterocycles. The molecular formula is C19H29N5. The molecular weight excluding hydrogens is 298 g/mol. The van der Waals surface area contributed by atoms with Gasteiger partial charge in [-0.05, 0) is 12.8 Å². The fourth-order valence-corrected chi connectivity index (χ4v) is 3.28. The first kappa shape index (κ1) is 16.9. The van der Waals surface area contributed by atoms with E-state index in [1.54, 1.807) is 0 Å². The van der Waals surface area contributed by atoms with Gasteiger partial charge in [0.15, 0.2) is 0 Å². The molecule has 2 heterocycles. The lowest BCUT2D eigenvalue weighted by Gasteiger charge is -2.19. The van der Waals surface area contributed by atoms with Crippen molar-refractivity contribution < 1.29 is 0 Å². The summed E-state index contributed by atoms with van der Waals surface area (Å²) in [5.41, 5.74) is 2.31. The van der Waals surface area contributed by atoms with Crippen LogP contribution < -0.4 is 5.32 Å². The minimum Gasteiger partial charge on any atom is -0.366 e. The first-order valence-electron chi connectivity index (χ1n) is 9.03. The van der Waals surface area contributed by atoms with E-state index >= 15 is 0 Å². The SMILES string of the molecule is Cn1nc(C2CCCCC2)cc1NCc1cnc(C(C)(C)C)nc1. The Labute approximate surface area is 144 Å². The summed E-state index contributed by atoms with van der Waals surface area (Å²) in [4.78, 5) is 8.98. The maximum Gasteiger partial charge on any atom is 0.133 e. The summed E-state index contributed by atoms with van der Waals surface area (Å²) in [6, 6.07) is 2.21. The Kier molecular flexibility index (Phi) is 4.88. The Bertz CT molecular complexity index is 660. The first-order chi connectivity index (χ1) is 11.4. The molecule has 1 fully saturated rings. The Hall–Kier alpha value is -1.91. The second kappa shape index (κ2) is 6.91. The number of nitrogens with one attached hydrogen (secondary N) is 1. The van der Waals surface area contributed by atoms with Crippen LogP contribution in [0.3, 0.4) is 0 Å². The normalized spacial score (nSPS) is 16.3. The van der Waals surface area contributed by atoms with E-state index in [0.717, 1.165) is 17.2 Å². The van der Waals surface area contributed by atoms with Gasteiger partial charge >= 0.3 is 0 Å². The predicted octanol–water partition coefficient (Wildman–Crippen LogP) is 4.17. The maximum absolute atomic E-state index is 4.72. The minimum absolute atomic E-state index is 0.0110. The van der Waals surface area contributed by atoms with Gasteiger partial charge in [0.25, 0.3) is 0 Å². The van der Waals surface area contributed by atoms with Crippen LogP contribution in [0.5, 0.6) is 0 Å². The molecule has 3 rings (SSSR count). The standard InChI is InChI=1S/C19H29N5/c1-19(2,3)18-21-12-14(13-22-18)11-20-17-10-16(23-24(17)4)15-8-6-5-7-9-15/h10,12-13,15,20H,5-9,11H2,1-4H3. The average molecular weight is 327 g/mol. The number of hydrogen-bond acceptors (Lipinski definition) is 4. The summed E-state index contributed by atoms with van der Waals surface area (Å²) in [7, 11) is 2.01. The monoisotopic (exact) mass is 327 g/mol. The van der Waals surface area contributed by atoms with Gasteiger partial charge in [0.05, 0.1) is 5.69 Å². The van der Waals surface area contributed by atoms with Gasteiger partial charge in [0.1, 0.15) is 11.6 Å². The first-order valence-corrected chi connectivity index (χ1v) is 9.03. The van der Waals surface area contributed by atoms with Crippen molar-refractivity contribution in [3.05, 3.63) is 35.5 Å². The summed E-state index contributed by atoms with van der Waals surface area (Å²) < 4.78 is 1.95. The smallest absolute Gasteiger partial charge is 0.133 e. The summed E-state index contributed by atoms with van der Waals surface area (Å²) in [5.74, 6) is 2.58. The van der Waals surface area contributed by atoms with Gasteiger partial charge in [-0.1, -0.05) is 40.0 Å². The third-order valence-electron chi connectivity index (χ3n) is 4.77. The zero-order valence-corrected chi connectivity index (χ0v) is 15.3. The van der Waals surface area contributed by atoms with Crippen molar-refractivity contribution >= 4 is 5.82 Å². The lowest BCUT2D eigenvalue weighted by molar-refractivity contribution is 0.433. The van der Waals surface area contributed by atoms with Gasteiger partial charge in [-0.25, -0.2) is 9.97 Å². The molecule has 0 spiro atoms. The van der Waals surface area contributed by atoms with Gasteiger partial charge in [0, 0.05) is 48.9 Å². The van der Waals surface area contributed by atoms with Crippen molar-refractivity contribution in [2.24, 2.45) is 7.05 Å². The molecule has 130 valence electrons. The van der Waals surface area contributed by atoms with Crippen LogP contribution in [-0.2, 0) is 19.0 Å². The number of nitrogens with zero attached hydrogens (tertiary/aromatic N) is 4. The number of anilines is 1. The average Bonchev–Trinajstić information content (AvgIpc) is 2.94. The highest BCUT2D eigenvalue weighted by Crippen LogP contribution is 2.32. The third kappa shape index (κ3) is 3.94. The summed E-state index contributed by atoms with van der Waals surface area (Å²) >= 11 is 0. The molecule has 1 aliphatic carbocycles. The van der Waals surface area contributed by atoms with Crippen LogP contribution in [0.1, 0.15) is 75.9 Å². The predicted molar refractivity (Wildman–Crippen MR) is 97.1 cm³/mol. The van der Waals surface area contributed by atoms with Crippen LogP contribution in [0.2, 0.25) is 0 Å². The van der Waals surface area contributed by atoms with Gasteiger partial charge in [-0.2, -0.15) is 5.10 Å². The molecule has 0 amide bonds. The van der Waals surface area contributed by atoms with Crippen molar-refractivity contribution in [3.8, 4) is 0 Å². The molecule has 2 aromatic heterocycles. The van der Waals surface area contributed by atoms with Gasteiger partial charge in [0.2, 0.25) is 0 Å². The highest BCUT2D eigenvalue weighted by Gasteiger charge is 2.19. The fraction of sp³-hybridized carbons (Fsp3) is 0.632. The molecule has 1 saturated carbocycles. The van der Waals surface area contributed by atoms with E-state index in [-0.39, 0.29) is 5.41 Å². The van der Waals surface area contributed by atoms with E-state index in [4.69, 9.17) is 5.10 Å². The van der Waals surface area contributed by atoms with E-state index in [9.17, 15) is 0 Å². The second-order valence-corrected chi connectivity index (χ2v) is 7.93. The maximum atomic E-state index is 4.72. The molecule has 0 atom stereocenters. The van der Waals surface area contributed by atoms with E-state index in [0.29, 0.717) is 12.5 Å². The van der Waals surface area contributed by atoms with Crippen molar-refractivity contribution in [1.82, 2.24) is 19.7 Å². The highest BCUT2D eigenvalue weighted by molar-refractivity contribution is 5.38. The third-order valence-corrected chi connectivity index (χ3v) is 4.77. The lowest BCUT2D eigenvalue weighted by Crippen LogP contribution is -2.16. The van der Waals surface area contributed by atoms with Crippen LogP contribution >= 0.6 is 0 Å². The van der Waals surface area contributed by atoms with Crippen LogP contribution in [-0.4, -0.2) is 19.7 Å². The molecule has 0 aromatic carbocycles. The molecule has 2 aromatic rings. The van der Waals surface area contributed by atoms with Crippen LogP contribution in [0.15, 0.2) is 18.5 Å². The van der Waals surface area contributed by atoms with E-state index in [1.165, 1.54) is 37.8 Å². The quantitative estimate of drug-likeness (QED) is 0.916. The summed E-state index contributed by atoms with van der Waals surface area (Å²) in [6.07, 6.45) is 10.4. The zero-order valence-electron chi connectivity index (χ0n) is 15.3. The van der Waals surface area contributed by atoms with Crippen LogP contribution in [0.25, 0.3) is 0 Å². The van der Waals surface area contributed by atoms with Crippen LogP contribution in [0, 0.1) is 0 Å². The van der Waals surface area contributed by atoms with Gasteiger partial charge < -0.3 is 5.32 Å². The molecule has 0 saturated heterocycles. The van der Waals surface area contributed by atoms with Crippen molar-refractivity contribution in [2.75, 3.05) is 5.32 Å². The largest absolute Gasteiger partial charge is 0.366 e. The Morgan fingerprint density at radius 1 is 1.12 bits per heavy atom. The van der Waals surface area contributed by atoms with E-state index in [2.05, 4.69) is 42.1 Å². The lowest BCUT2D eigenvalue weighted by atomic mass is 9.87. The minimum atomic E-state index is -0.0110. The second-order valence-electron chi connectivity index (χ2n) is 7.93. The van der Waals surface area contributed by atoms with Crippen LogP contribution in [0.4, 0.5) is 5.82 Å². The number of hydrogen-bond donors (Lipinski definition) is 1. The number of aryl methyl sites for hydroxylation is 1. The Morgan fingerprint density at radius 3 is 2.42 bits per heavy atom. The zero-order chi connectivity index (χ0) is 17.2. The molecule has 1 aliphatic rings. The molecule has 1 N–H and O–H groups in total. The Morgan fingerprint density at radius 2 is 1.79 bits per heavy atom. The van der Waals surface area contributed by atoms with E-state index < -0.39 is 0 Å². The molecule has 0 radical (unpaired) electrons. The van der Waals surface area contributed by atoms with Crippen molar-refractivity contribution in [3.63, 3.8) is 0 Å². The van der Waals surface area contributed by atoms with Crippen molar-refractivity contribution in [1.29, 1.82) is 0 Å². The Balaban J connectivity index is 1.63. The topological polar surface area (TPSA) is 55.6 Å².